The maximum absolute atomic E-state index is 13.6. The lowest BCUT2D eigenvalue weighted by molar-refractivity contribution is -0.123. The molecule has 0 bridgehead atoms. The predicted molar refractivity (Wildman–Crippen MR) is 110 cm³/mol. The number of benzene rings is 1. The summed E-state index contributed by atoms with van der Waals surface area (Å²) in [6.45, 7) is 7.08. The molecule has 8 nitrogen and oxygen atoms in total. The molecule has 0 aromatic heterocycles. The lowest BCUT2D eigenvalue weighted by Gasteiger charge is -2.29. The summed E-state index contributed by atoms with van der Waals surface area (Å²) in [5.41, 5.74) is -1.09. The molecule has 3 N–H and O–H groups in total. The first-order valence-corrected chi connectivity index (χ1v) is 10.2. The zero-order valence-corrected chi connectivity index (χ0v) is 17.9. The van der Waals surface area contributed by atoms with E-state index in [-0.39, 0.29) is 45.6 Å². The standard InChI is InChI=1S/C23H25NO7/c1-10-19(27)17(12(3)25)21-18(20(10)28)23(4)15(31-21)8-14(26)16(22(23)29)11(2)24-9-13-6-5-7-30-13/h8,13,24,27-28H,5-7,9H2,1-4H3/b16-11+/t13-,23-/m0/s1. The zero-order chi connectivity index (χ0) is 22.7. The smallest absolute Gasteiger partial charge is 0.194 e. The van der Waals surface area contributed by atoms with E-state index in [1.165, 1.54) is 19.9 Å². The van der Waals surface area contributed by atoms with E-state index in [1.54, 1.807) is 13.8 Å². The SMILES string of the molecule is CC(=O)c1c(O)c(C)c(O)c2c1OC1=CC(=O)/C(=C(/C)NC[C@@H]3CCCO3)C(=O)[C@@]12C. The molecule has 4 rings (SSSR count). The Morgan fingerprint density at radius 1 is 1.26 bits per heavy atom. The number of fused-ring (bicyclic) bond motifs is 3. The van der Waals surface area contributed by atoms with Gasteiger partial charge in [-0.3, -0.25) is 14.4 Å². The summed E-state index contributed by atoms with van der Waals surface area (Å²) < 4.78 is 11.3. The Labute approximate surface area is 179 Å². The molecule has 0 amide bonds. The largest absolute Gasteiger partial charge is 0.507 e. The number of Topliss-reactive ketones (excluding diaryl/α,β-unsaturated/α-hetero) is 2. The number of aromatic hydroxyl groups is 2. The van der Waals surface area contributed by atoms with Crippen molar-refractivity contribution in [3.05, 3.63) is 39.8 Å². The molecule has 1 aromatic carbocycles. The molecule has 0 radical (unpaired) electrons. The van der Waals surface area contributed by atoms with Gasteiger partial charge in [0.15, 0.2) is 17.3 Å². The number of nitrogens with one attached hydrogen (secondary N) is 1. The number of phenols is 2. The first-order valence-electron chi connectivity index (χ1n) is 10.2. The molecule has 2 heterocycles. The second-order valence-electron chi connectivity index (χ2n) is 8.40. The van der Waals surface area contributed by atoms with Crippen LogP contribution in [0.15, 0.2) is 23.1 Å². The first-order chi connectivity index (χ1) is 14.6. The van der Waals surface area contributed by atoms with Gasteiger partial charge in [0.2, 0.25) is 0 Å². The van der Waals surface area contributed by atoms with E-state index in [4.69, 9.17) is 9.47 Å². The van der Waals surface area contributed by atoms with E-state index < -0.39 is 28.5 Å². The Morgan fingerprint density at radius 3 is 2.58 bits per heavy atom. The van der Waals surface area contributed by atoms with Crippen molar-refractivity contribution in [3.8, 4) is 17.2 Å². The van der Waals surface area contributed by atoms with Crippen molar-refractivity contribution in [2.24, 2.45) is 0 Å². The highest BCUT2D eigenvalue weighted by Gasteiger charge is 2.56. The summed E-state index contributed by atoms with van der Waals surface area (Å²) in [5, 5.41) is 24.3. The molecular formula is C23H25NO7. The molecule has 1 saturated heterocycles. The van der Waals surface area contributed by atoms with Crippen LogP contribution in [-0.2, 0) is 19.7 Å². The number of phenolic OH excluding ortho intramolecular Hbond substituents is 2. The minimum Gasteiger partial charge on any atom is -0.507 e. The maximum Gasteiger partial charge on any atom is 0.194 e. The molecule has 2 aliphatic heterocycles. The van der Waals surface area contributed by atoms with E-state index in [9.17, 15) is 24.6 Å². The van der Waals surface area contributed by atoms with Crippen LogP contribution < -0.4 is 10.1 Å². The topological polar surface area (TPSA) is 122 Å². The van der Waals surface area contributed by atoms with Crippen molar-refractivity contribution in [1.29, 1.82) is 0 Å². The van der Waals surface area contributed by atoms with E-state index in [0.29, 0.717) is 18.8 Å². The third-order valence-electron chi connectivity index (χ3n) is 6.38. The monoisotopic (exact) mass is 427 g/mol. The average molecular weight is 427 g/mol. The highest BCUT2D eigenvalue weighted by atomic mass is 16.5. The molecule has 1 aromatic rings. The van der Waals surface area contributed by atoms with Gasteiger partial charge in [-0.25, -0.2) is 0 Å². The number of carbonyl (C=O) groups is 3. The van der Waals surface area contributed by atoms with Gasteiger partial charge in [0.1, 0.15) is 34.0 Å². The molecule has 0 spiro atoms. The fraction of sp³-hybridized carbons (Fsp3) is 0.435. The van der Waals surface area contributed by atoms with Crippen LogP contribution in [0.1, 0.15) is 55.1 Å². The Balaban J connectivity index is 1.83. The fourth-order valence-corrected chi connectivity index (χ4v) is 4.52. The molecule has 2 atom stereocenters. The Morgan fingerprint density at radius 2 is 1.97 bits per heavy atom. The van der Waals surface area contributed by atoms with Crippen molar-refractivity contribution < 1.29 is 34.1 Å². The van der Waals surface area contributed by atoms with Gasteiger partial charge in [0, 0.05) is 30.5 Å². The number of ketones is 3. The number of hydrogen-bond donors (Lipinski definition) is 3. The van der Waals surface area contributed by atoms with Crippen LogP contribution in [0.2, 0.25) is 0 Å². The first kappa shape index (κ1) is 21.1. The van der Waals surface area contributed by atoms with Crippen LogP contribution >= 0.6 is 0 Å². The van der Waals surface area contributed by atoms with Crippen molar-refractivity contribution in [3.63, 3.8) is 0 Å². The van der Waals surface area contributed by atoms with Gasteiger partial charge in [-0.2, -0.15) is 0 Å². The minimum absolute atomic E-state index is 0.0226. The quantitative estimate of drug-likeness (QED) is 0.380. The van der Waals surface area contributed by atoms with E-state index in [0.717, 1.165) is 12.8 Å². The summed E-state index contributed by atoms with van der Waals surface area (Å²) in [5.74, 6) is -2.35. The fourth-order valence-electron chi connectivity index (χ4n) is 4.52. The Hall–Kier alpha value is -3.13. The van der Waals surface area contributed by atoms with Crippen molar-refractivity contribution in [2.75, 3.05) is 13.2 Å². The lowest BCUT2D eigenvalue weighted by atomic mass is 9.70. The molecule has 31 heavy (non-hydrogen) atoms. The summed E-state index contributed by atoms with van der Waals surface area (Å²) in [4.78, 5) is 38.7. The van der Waals surface area contributed by atoms with Gasteiger partial charge < -0.3 is 25.0 Å². The van der Waals surface area contributed by atoms with Gasteiger partial charge in [-0.05, 0) is 40.5 Å². The average Bonchev–Trinajstić information content (AvgIpc) is 3.31. The van der Waals surface area contributed by atoms with Gasteiger partial charge in [0.25, 0.3) is 0 Å². The molecule has 8 heteroatoms. The van der Waals surface area contributed by atoms with Crippen molar-refractivity contribution in [2.45, 2.75) is 52.1 Å². The summed E-state index contributed by atoms with van der Waals surface area (Å²) >= 11 is 0. The highest BCUT2D eigenvalue weighted by Crippen LogP contribution is 2.57. The van der Waals surface area contributed by atoms with E-state index in [1.807, 2.05) is 0 Å². The number of carbonyl (C=O) groups excluding carboxylic acids is 3. The van der Waals surface area contributed by atoms with Crippen LogP contribution in [0.3, 0.4) is 0 Å². The summed E-state index contributed by atoms with van der Waals surface area (Å²) in [6, 6.07) is 0. The van der Waals surface area contributed by atoms with Gasteiger partial charge in [0.05, 0.1) is 17.2 Å². The summed E-state index contributed by atoms with van der Waals surface area (Å²) in [6.07, 6.45) is 3.12. The zero-order valence-electron chi connectivity index (χ0n) is 17.9. The molecule has 164 valence electrons. The molecule has 3 aliphatic rings. The summed E-state index contributed by atoms with van der Waals surface area (Å²) in [7, 11) is 0. The molecular weight excluding hydrogens is 402 g/mol. The predicted octanol–water partition coefficient (Wildman–Crippen LogP) is 2.34. The lowest BCUT2D eigenvalue weighted by Crippen LogP contribution is -2.41. The van der Waals surface area contributed by atoms with Crippen LogP contribution in [-0.4, -0.2) is 46.8 Å². The number of allylic oxidation sites excluding steroid dienone is 4. The third kappa shape index (κ3) is 2.96. The van der Waals surface area contributed by atoms with Crippen LogP contribution in [0.25, 0.3) is 0 Å². The second kappa shape index (κ2) is 7.23. The van der Waals surface area contributed by atoms with Crippen molar-refractivity contribution >= 4 is 17.3 Å². The van der Waals surface area contributed by atoms with Crippen molar-refractivity contribution in [1.82, 2.24) is 5.32 Å². The second-order valence-corrected chi connectivity index (χ2v) is 8.40. The normalized spacial score (nSPS) is 26.2. The van der Waals surface area contributed by atoms with E-state index >= 15 is 0 Å². The third-order valence-corrected chi connectivity index (χ3v) is 6.38. The maximum atomic E-state index is 13.6. The van der Waals surface area contributed by atoms with Crippen LogP contribution in [0.5, 0.6) is 17.2 Å². The molecule has 1 aliphatic carbocycles. The van der Waals surface area contributed by atoms with E-state index in [2.05, 4.69) is 5.32 Å². The van der Waals surface area contributed by atoms with Gasteiger partial charge in [-0.1, -0.05) is 0 Å². The molecule has 1 fully saturated rings. The highest BCUT2D eigenvalue weighted by molar-refractivity contribution is 6.31. The van der Waals surface area contributed by atoms with Gasteiger partial charge in [-0.15, -0.1) is 0 Å². The Bertz CT molecular complexity index is 1090. The Kier molecular flexibility index (Phi) is 4.93. The van der Waals surface area contributed by atoms with Gasteiger partial charge >= 0.3 is 0 Å². The number of hydrogen-bond acceptors (Lipinski definition) is 8. The van der Waals surface area contributed by atoms with Crippen LogP contribution in [0, 0.1) is 6.92 Å². The van der Waals surface area contributed by atoms with Crippen LogP contribution in [0.4, 0.5) is 0 Å². The number of rotatable bonds is 4. The molecule has 0 saturated carbocycles. The number of ether oxygens (including phenoxy) is 2. The molecule has 0 unspecified atom stereocenters. The minimum atomic E-state index is -1.50.